The van der Waals surface area contributed by atoms with Crippen molar-refractivity contribution in [3.05, 3.63) is 38.3 Å². The van der Waals surface area contributed by atoms with Crippen LogP contribution in [-0.4, -0.2) is 4.92 Å². The van der Waals surface area contributed by atoms with Crippen molar-refractivity contribution in [3.8, 4) is 0 Å². The number of nitro benzene ring substituents is 1. The van der Waals surface area contributed by atoms with Crippen molar-refractivity contribution in [2.75, 3.05) is 0 Å². The van der Waals surface area contributed by atoms with Crippen molar-refractivity contribution in [2.45, 2.75) is 20.4 Å². The van der Waals surface area contributed by atoms with Crippen LogP contribution < -0.4 is 5.73 Å². The predicted octanol–water partition coefficient (Wildman–Crippen LogP) is 2.84. The lowest BCUT2D eigenvalue weighted by Gasteiger charge is -1.98. The van der Waals surface area contributed by atoms with Crippen LogP contribution >= 0.6 is 15.9 Å². The standard InChI is InChI=1S/C7H7BrN2O2.C2H6/c8-6-2-1-5(4-9)7(3-6)10(11)12;1-2/h1-3H,4,9H2;1-2H3. The molecule has 0 atom stereocenters. The molecule has 14 heavy (non-hydrogen) atoms. The summed E-state index contributed by atoms with van der Waals surface area (Å²) in [5.74, 6) is 0. The SMILES string of the molecule is CC.NCc1ccc(Br)cc1[N+](=O)[O-]. The van der Waals surface area contributed by atoms with Gasteiger partial charge in [0.2, 0.25) is 0 Å². The van der Waals surface area contributed by atoms with Gasteiger partial charge in [-0.25, -0.2) is 0 Å². The molecule has 0 saturated carbocycles. The predicted molar refractivity (Wildman–Crippen MR) is 60.0 cm³/mol. The van der Waals surface area contributed by atoms with Crippen molar-refractivity contribution in [2.24, 2.45) is 5.73 Å². The highest BCUT2D eigenvalue weighted by Crippen LogP contribution is 2.22. The number of hydrogen-bond donors (Lipinski definition) is 1. The summed E-state index contributed by atoms with van der Waals surface area (Å²) in [7, 11) is 0. The number of benzene rings is 1. The third kappa shape index (κ3) is 3.43. The normalized spacial score (nSPS) is 8.86. The second kappa shape index (κ2) is 6.50. The summed E-state index contributed by atoms with van der Waals surface area (Å²) in [5, 5.41) is 10.5. The number of halogens is 1. The van der Waals surface area contributed by atoms with Gasteiger partial charge in [-0.3, -0.25) is 10.1 Å². The van der Waals surface area contributed by atoms with E-state index in [0.29, 0.717) is 10.0 Å². The average Bonchev–Trinajstić information content (AvgIpc) is 2.20. The molecular formula is C9H13BrN2O2. The Balaban J connectivity index is 0.000000791. The zero-order valence-corrected chi connectivity index (χ0v) is 9.74. The second-order valence-electron chi connectivity index (χ2n) is 2.23. The summed E-state index contributed by atoms with van der Waals surface area (Å²) < 4.78 is 0.686. The first-order chi connectivity index (χ1) is 6.65. The molecule has 0 heterocycles. The van der Waals surface area contributed by atoms with Gasteiger partial charge in [-0.15, -0.1) is 0 Å². The Morgan fingerprint density at radius 1 is 1.50 bits per heavy atom. The topological polar surface area (TPSA) is 69.2 Å². The van der Waals surface area contributed by atoms with Gasteiger partial charge in [0.1, 0.15) is 0 Å². The minimum absolute atomic E-state index is 0.0619. The first-order valence-electron chi connectivity index (χ1n) is 4.28. The molecule has 0 aromatic heterocycles. The van der Waals surface area contributed by atoms with Gasteiger partial charge in [-0.2, -0.15) is 0 Å². The fourth-order valence-corrected chi connectivity index (χ4v) is 1.23. The first kappa shape index (κ1) is 13.1. The molecule has 0 bridgehead atoms. The zero-order chi connectivity index (χ0) is 11.1. The molecule has 1 rings (SSSR count). The Labute approximate surface area is 91.4 Å². The molecule has 1 aromatic carbocycles. The molecule has 0 amide bonds. The molecule has 5 heteroatoms. The summed E-state index contributed by atoms with van der Waals surface area (Å²) >= 11 is 3.15. The van der Waals surface area contributed by atoms with Crippen LogP contribution in [0.15, 0.2) is 22.7 Å². The molecule has 0 unspecified atom stereocenters. The van der Waals surface area contributed by atoms with Crippen LogP contribution in [0.4, 0.5) is 5.69 Å². The van der Waals surface area contributed by atoms with E-state index in [2.05, 4.69) is 15.9 Å². The van der Waals surface area contributed by atoms with Crippen LogP contribution in [0.25, 0.3) is 0 Å². The number of hydrogen-bond acceptors (Lipinski definition) is 3. The van der Waals surface area contributed by atoms with Crippen molar-refractivity contribution >= 4 is 21.6 Å². The summed E-state index contributed by atoms with van der Waals surface area (Å²) in [6.07, 6.45) is 0. The minimum atomic E-state index is -0.438. The fraction of sp³-hybridized carbons (Fsp3) is 0.333. The van der Waals surface area contributed by atoms with Crippen LogP contribution in [0, 0.1) is 10.1 Å². The minimum Gasteiger partial charge on any atom is -0.326 e. The van der Waals surface area contributed by atoms with Crippen LogP contribution in [0.1, 0.15) is 19.4 Å². The van der Waals surface area contributed by atoms with E-state index in [-0.39, 0.29) is 12.2 Å². The molecule has 0 aliphatic heterocycles. The molecule has 0 radical (unpaired) electrons. The highest BCUT2D eigenvalue weighted by molar-refractivity contribution is 9.10. The van der Waals surface area contributed by atoms with Gasteiger partial charge in [-0.1, -0.05) is 29.8 Å². The second-order valence-corrected chi connectivity index (χ2v) is 3.15. The monoisotopic (exact) mass is 260 g/mol. The van der Waals surface area contributed by atoms with Gasteiger partial charge in [0.15, 0.2) is 0 Å². The smallest absolute Gasteiger partial charge is 0.275 e. The molecule has 2 N–H and O–H groups in total. The molecule has 0 aliphatic rings. The van der Waals surface area contributed by atoms with E-state index in [9.17, 15) is 10.1 Å². The summed E-state index contributed by atoms with van der Waals surface area (Å²) in [4.78, 5) is 10.0. The van der Waals surface area contributed by atoms with Crippen molar-refractivity contribution in [3.63, 3.8) is 0 Å². The number of rotatable bonds is 2. The van der Waals surface area contributed by atoms with E-state index in [4.69, 9.17) is 5.73 Å². The number of nitrogens with two attached hydrogens (primary N) is 1. The molecule has 0 spiro atoms. The van der Waals surface area contributed by atoms with Gasteiger partial charge in [0, 0.05) is 22.6 Å². The van der Waals surface area contributed by atoms with E-state index in [0.717, 1.165) is 0 Å². The molecule has 0 aliphatic carbocycles. The molecular weight excluding hydrogens is 248 g/mol. The van der Waals surface area contributed by atoms with E-state index in [1.807, 2.05) is 13.8 Å². The Kier molecular flexibility index (Phi) is 6.07. The summed E-state index contributed by atoms with van der Waals surface area (Å²) in [5.41, 5.74) is 5.93. The maximum atomic E-state index is 10.5. The molecule has 0 fully saturated rings. The van der Waals surface area contributed by atoms with Crippen molar-refractivity contribution < 1.29 is 4.92 Å². The molecule has 1 aromatic rings. The van der Waals surface area contributed by atoms with E-state index < -0.39 is 4.92 Å². The van der Waals surface area contributed by atoms with Crippen molar-refractivity contribution in [1.82, 2.24) is 0 Å². The quantitative estimate of drug-likeness (QED) is 0.657. The Morgan fingerprint density at radius 2 is 2.07 bits per heavy atom. The lowest BCUT2D eigenvalue weighted by molar-refractivity contribution is -0.385. The fourth-order valence-electron chi connectivity index (χ4n) is 0.880. The summed E-state index contributed by atoms with van der Waals surface area (Å²) in [6.45, 7) is 4.18. The molecule has 4 nitrogen and oxygen atoms in total. The highest BCUT2D eigenvalue weighted by atomic mass is 79.9. The number of nitro groups is 1. The largest absolute Gasteiger partial charge is 0.326 e. The average molecular weight is 261 g/mol. The lowest BCUT2D eigenvalue weighted by atomic mass is 10.2. The van der Waals surface area contributed by atoms with Gasteiger partial charge in [-0.05, 0) is 12.1 Å². The van der Waals surface area contributed by atoms with Gasteiger partial charge < -0.3 is 5.73 Å². The molecule has 78 valence electrons. The van der Waals surface area contributed by atoms with E-state index >= 15 is 0 Å². The molecule has 0 saturated heterocycles. The highest BCUT2D eigenvalue weighted by Gasteiger charge is 2.11. The Hall–Kier alpha value is -0.940. The maximum Gasteiger partial charge on any atom is 0.275 e. The van der Waals surface area contributed by atoms with Crippen LogP contribution in [-0.2, 0) is 6.54 Å². The van der Waals surface area contributed by atoms with Gasteiger partial charge in [0.25, 0.3) is 5.69 Å². The van der Waals surface area contributed by atoms with Crippen LogP contribution in [0.5, 0.6) is 0 Å². The Morgan fingerprint density at radius 3 is 2.50 bits per heavy atom. The third-order valence-electron chi connectivity index (χ3n) is 1.46. The number of nitrogens with zero attached hydrogens (tertiary/aromatic N) is 1. The van der Waals surface area contributed by atoms with E-state index in [1.54, 1.807) is 12.1 Å². The van der Waals surface area contributed by atoms with Crippen LogP contribution in [0.2, 0.25) is 0 Å². The third-order valence-corrected chi connectivity index (χ3v) is 1.96. The first-order valence-corrected chi connectivity index (χ1v) is 5.07. The zero-order valence-electron chi connectivity index (χ0n) is 8.16. The summed E-state index contributed by atoms with van der Waals surface area (Å²) in [6, 6.07) is 4.82. The van der Waals surface area contributed by atoms with Crippen LogP contribution in [0.3, 0.4) is 0 Å². The maximum absolute atomic E-state index is 10.5. The van der Waals surface area contributed by atoms with Crippen molar-refractivity contribution in [1.29, 1.82) is 0 Å². The van der Waals surface area contributed by atoms with E-state index in [1.165, 1.54) is 6.07 Å². The van der Waals surface area contributed by atoms with Gasteiger partial charge in [0.05, 0.1) is 4.92 Å². The Bertz CT molecular complexity index is 316. The van der Waals surface area contributed by atoms with Gasteiger partial charge >= 0.3 is 0 Å². The lowest BCUT2D eigenvalue weighted by Crippen LogP contribution is -2.01.